The Morgan fingerprint density at radius 2 is 1.85 bits per heavy atom. The highest BCUT2D eigenvalue weighted by Gasteiger charge is 2.13. The Hall–Kier alpha value is -3.54. The lowest BCUT2D eigenvalue weighted by Gasteiger charge is -2.09. The van der Waals surface area contributed by atoms with Crippen molar-refractivity contribution in [3.63, 3.8) is 0 Å². The van der Waals surface area contributed by atoms with Crippen LogP contribution in [0.3, 0.4) is 0 Å². The van der Waals surface area contributed by atoms with Crippen molar-refractivity contribution in [1.29, 1.82) is 0 Å². The molecule has 2 aromatic carbocycles. The average molecular weight is 347 g/mol. The zero-order valence-corrected chi connectivity index (χ0v) is 13.9. The van der Waals surface area contributed by atoms with Crippen LogP contribution in [-0.2, 0) is 6.54 Å². The lowest BCUT2D eigenvalue weighted by atomic mass is 10.2. The molecular formula is C20H17N3O3. The van der Waals surface area contributed by atoms with Crippen molar-refractivity contribution in [2.45, 2.75) is 6.54 Å². The van der Waals surface area contributed by atoms with E-state index >= 15 is 0 Å². The molecule has 0 spiro atoms. The van der Waals surface area contributed by atoms with E-state index in [0.29, 0.717) is 17.9 Å². The van der Waals surface area contributed by atoms with Crippen LogP contribution in [0, 0.1) is 0 Å². The molecule has 3 aromatic rings. The zero-order valence-electron chi connectivity index (χ0n) is 13.9. The number of rotatable bonds is 5. The normalized spacial score (nSPS) is 11.8. The molecule has 0 bridgehead atoms. The van der Waals surface area contributed by atoms with Crippen LogP contribution in [0.25, 0.3) is 0 Å². The zero-order chi connectivity index (χ0) is 17.8. The molecule has 4 rings (SSSR count). The third kappa shape index (κ3) is 3.59. The fourth-order valence-corrected chi connectivity index (χ4v) is 2.61. The number of anilines is 2. The van der Waals surface area contributed by atoms with E-state index in [1.54, 1.807) is 24.4 Å². The lowest BCUT2D eigenvalue weighted by Crippen LogP contribution is -2.12. The topological polar surface area (TPSA) is 72.5 Å². The van der Waals surface area contributed by atoms with Crippen LogP contribution in [-0.4, -0.2) is 17.7 Å². The second-order valence-corrected chi connectivity index (χ2v) is 5.79. The van der Waals surface area contributed by atoms with Crippen LogP contribution in [0.2, 0.25) is 0 Å². The molecule has 1 aromatic heterocycles. The molecule has 0 saturated carbocycles. The van der Waals surface area contributed by atoms with Crippen molar-refractivity contribution >= 4 is 17.4 Å². The summed E-state index contributed by atoms with van der Waals surface area (Å²) >= 11 is 0. The van der Waals surface area contributed by atoms with Gasteiger partial charge in [-0.25, -0.2) is 4.98 Å². The molecule has 2 N–H and O–H groups in total. The summed E-state index contributed by atoms with van der Waals surface area (Å²) in [6.07, 6.45) is 1.69. The summed E-state index contributed by atoms with van der Waals surface area (Å²) in [7, 11) is 0. The molecule has 1 aliphatic heterocycles. The molecule has 6 nitrogen and oxygen atoms in total. The summed E-state index contributed by atoms with van der Waals surface area (Å²) in [4.78, 5) is 16.4. The molecule has 1 amide bonds. The van der Waals surface area contributed by atoms with Gasteiger partial charge in [-0.3, -0.25) is 4.79 Å². The number of hydrogen-bond acceptors (Lipinski definition) is 5. The van der Waals surface area contributed by atoms with Crippen LogP contribution in [0.5, 0.6) is 11.5 Å². The molecule has 0 fully saturated rings. The van der Waals surface area contributed by atoms with Gasteiger partial charge in [-0.2, -0.15) is 0 Å². The van der Waals surface area contributed by atoms with Gasteiger partial charge in [0.25, 0.3) is 5.91 Å². The molecular weight excluding hydrogens is 330 g/mol. The summed E-state index contributed by atoms with van der Waals surface area (Å²) < 4.78 is 10.7. The van der Waals surface area contributed by atoms with Gasteiger partial charge in [0.1, 0.15) is 5.82 Å². The van der Waals surface area contributed by atoms with Crippen molar-refractivity contribution in [3.8, 4) is 11.5 Å². The molecule has 2 heterocycles. The maximum atomic E-state index is 12.1. The third-order valence-electron chi connectivity index (χ3n) is 3.97. The first-order valence-electron chi connectivity index (χ1n) is 8.23. The third-order valence-corrected chi connectivity index (χ3v) is 3.97. The number of nitrogens with zero attached hydrogens (tertiary/aromatic N) is 1. The molecule has 0 saturated heterocycles. The van der Waals surface area contributed by atoms with Crippen molar-refractivity contribution in [2.24, 2.45) is 0 Å². The smallest absolute Gasteiger partial charge is 0.256 e. The fraction of sp³-hybridized carbons (Fsp3) is 0.100. The minimum Gasteiger partial charge on any atom is -0.454 e. The van der Waals surface area contributed by atoms with E-state index in [-0.39, 0.29) is 12.7 Å². The number of fused-ring (bicyclic) bond motifs is 1. The Bertz CT molecular complexity index is 911. The minimum atomic E-state index is -0.181. The predicted molar refractivity (Wildman–Crippen MR) is 98.5 cm³/mol. The van der Waals surface area contributed by atoms with Crippen molar-refractivity contribution in [3.05, 3.63) is 78.0 Å². The number of pyridine rings is 1. The Morgan fingerprint density at radius 1 is 1.00 bits per heavy atom. The molecule has 6 heteroatoms. The molecule has 130 valence electrons. The molecule has 1 aliphatic rings. The number of aromatic nitrogens is 1. The Labute approximate surface area is 150 Å². The highest BCUT2D eigenvalue weighted by Crippen LogP contribution is 2.32. The van der Waals surface area contributed by atoms with Crippen LogP contribution < -0.4 is 20.1 Å². The maximum absolute atomic E-state index is 12.1. The quantitative estimate of drug-likeness (QED) is 0.737. The van der Waals surface area contributed by atoms with Gasteiger partial charge in [0, 0.05) is 12.1 Å². The SMILES string of the molecule is O=C(Nc1ccc(NCc2ccc3c(c2)OCO3)cn1)c1ccccc1. The van der Waals surface area contributed by atoms with Crippen LogP contribution >= 0.6 is 0 Å². The Balaban J connectivity index is 1.35. The van der Waals surface area contributed by atoms with E-state index in [1.165, 1.54) is 0 Å². The summed E-state index contributed by atoms with van der Waals surface area (Å²) in [5, 5.41) is 6.07. The van der Waals surface area contributed by atoms with E-state index in [9.17, 15) is 4.79 Å². The summed E-state index contributed by atoms with van der Waals surface area (Å²) in [5.41, 5.74) is 2.54. The number of carbonyl (C=O) groups is 1. The average Bonchev–Trinajstić information content (AvgIpc) is 3.16. The fourth-order valence-electron chi connectivity index (χ4n) is 2.61. The number of benzene rings is 2. The van der Waals surface area contributed by atoms with Crippen molar-refractivity contribution in [2.75, 3.05) is 17.4 Å². The van der Waals surface area contributed by atoms with Gasteiger partial charge in [-0.1, -0.05) is 24.3 Å². The second-order valence-electron chi connectivity index (χ2n) is 5.79. The molecule has 0 aliphatic carbocycles. The molecule has 0 radical (unpaired) electrons. The molecule has 0 atom stereocenters. The number of ether oxygens (including phenoxy) is 2. The maximum Gasteiger partial charge on any atom is 0.256 e. The first-order valence-corrected chi connectivity index (χ1v) is 8.23. The number of amides is 1. The summed E-state index contributed by atoms with van der Waals surface area (Å²) in [6, 6.07) is 18.5. The van der Waals surface area contributed by atoms with Gasteiger partial charge in [-0.15, -0.1) is 0 Å². The highest BCUT2D eigenvalue weighted by atomic mass is 16.7. The van der Waals surface area contributed by atoms with Gasteiger partial charge in [0.05, 0.1) is 11.9 Å². The van der Waals surface area contributed by atoms with Crippen molar-refractivity contribution in [1.82, 2.24) is 4.98 Å². The second kappa shape index (κ2) is 7.14. The highest BCUT2D eigenvalue weighted by molar-refractivity contribution is 6.03. The van der Waals surface area contributed by atoms with E-state index in [4.69, 9.17) is 9.47 Å². The van der Waals surface area contributed by atoms with Crippen molar-refractivity contribution < 1.29 is 14.3 Å². The number of nitrogens with one attached hydrogen (secondary N) is 2. The van der Waals surface area contributed by atoms with Crippen LogP contribution in [0.15, 0.2) is 66.9 Å². The van der Waals surface area contributed by atoms with E-state index in [1.807, 2.05) is 42.5 Å². The first kappa shape index (κ1) is 16.0. The Kier molecular flexibility index (Phi) is 4.38. The standard InChI is InChI=1S/C20H17N3O3/c24-20(15-4-2-1-3-5-15)23-19-9-7-16(12-22-19)21-11-14-6-8-17-18(10-14)26-13-25-17/h1-10,12,21H,11,13H2,(H,22,23,24). The van der Waals surface area contributed by atoms with Crippen LogP contribution in [0.4, 0.5) is 11.5 Å². The first-order chi connectivity index (χ1) is 12.8. The van der Waals surface area contributed by atoms with Gasteiger partial charge < -0.3 is 20.1 Å². The number of hydrogen-bond donors (Lipinski definition) is 2. The molecule has 0 unspecified atom stereocenters. The minimum absolute atomic E-state index is 0.181. The summed E-state index contributed by atoms with van der Waals surface area (Å²) in [5.74, 6) is 1.86. The Morgan fingerprint density at radius 3 is 2.65 bits per heavy atom. The van der Waals surface area contributed by atoms with Gasteiger partial charge in [-0.05, 0) is 42.0 Å². The molecule has 26 heavy (non-hydrogen) atoms. The van der Waals surface area contributed by atoms with E-state index in [0.717, 1.165) is 22.7 Å². The summed E-state index contributed by atoms with van der Waals surface area (Å²) in [6.45, 7) is 0.903. The van der Waals surface area contributed by atoms with Gasteiger partial charge >= 0.3 is 0 Å². The van der Waals surface area contributed by atoms with Crippen LogP contribution in [0.1, 0.15) is 15.9 Å². The predicted octanol–water partition coefficient (Wildman–Crippen LogP) is 3.67. The number of carbonyl (C=O) groups excluding carboxylic acids is 1. The van der Waals surface area contributed by atoms with Gasteiger partial charge in [0.2, 0.25) is 6.79 Å². The van der Waals surface area contributed by atoms with E-state index in [2.05, 4.69) is 15.6 Å². The van der Waals surface area contributed by atoms with E-state index < -0.39 is 0 Å². The van der Waals surface area contributed by atoms with Gasteiger partial charge in [0.15, 0.2) is 11.5 Å². The lowest BCUT2D eigenvalue weighted by molar-refractivity contribution is 0.102. The monoisotopic (exact) mass is 347 g/mol. The largest absolute Gasteiger partial charge is 0.454 e.